The van der Waals surface area contributed by atoms with Crippen molar-refractivity contribution < 1.29 is 24.2 Å². The largest absolute Gasteiger partial charge is 0.507 e. The lowest BCUT2D eigenvalue weighted by Crippen LogP contribution is -2.29. The second kappa shape index (κ2) is 9.41. The van der Waals surface area contributed by atoms with Crippen molar-refractivity contribution in [3.8, 4) is 11.5 Å². The maximum Gasteiger partial charge on any atom is 0.300 e. The quantitative estimate of drug-likeness (QED) is 0.268. The van der Waals surface area contributed by atoms with Crippen LogP contribution in [-0.2, 0) is 9.59 Å². The maximum atomic E-state index is 13.3. The van der Waals surface area contributed by atoms with Crippen LogP contribution in [0.15, 0.2) is 66.2 Å². The first-order valence-corrected chi connectivity index (χ1v) is 11.1. The van der Waals surface area contributed by atoms with Crippen molar-refractivity contribution in [2.75, 3.05) is 19.1 Å². The molecule has 1 atom stereocenters. The number of carbonyl (C=O) groups is 2. The molecule has 3 aromatic carbocycles. The zero-order valence-electron chi connectivity index (χ0n) is 18.6. The van der Waals surface area contributed by atoms with Crippen molar-refractivity contribution in [2.24, 2.45) is 0 Å². The highest BCUT2D eigenvalue weighted by atomic mass is 35.5. The highest BCUT2D eigenvalue weighted by Crippen LogP contribution is 2.44. The summed E-state index contributed by atoms with van der Waals surface area (Å²) in [6, 6.07) is 15.8. The summed E-state index contributed by atoms with van der Waals surface area (Å²) in [5, 5.41) is 12.1. The summed E-state index contributed by atoms with van der Waals surface area (Å²) < 4.78 is 10.6. The summed E-state index contributed by atoms with van der Waals surface area (Å²) in [5.41, 5.74) is 2.05. The van der Waals surface area contributed by atoms with Crippen LogP contribution < -0.4 is 14.4 Å². The van der Waals surface area contributed by atoms with Crippen LogP contribution in [0.25, 0.3) is 5.76 Å². The molecular formula is C26H21Cl2NO5. The molecule has 4 rings (SSSR count). The lowest BCUT2D eigenvalue weighted by molar-refractivity contribution is -0.132. The third kappa shape index (κ3) is 4.11. The average Bonchev–Trinajstić information content (AvgIpc) is 3.11. The SMILES string of the molecule is COc1cccc(C2/C(=C(\O)c3ccc(Cl)c(OC)c3)C(=O)C(=O)N2c2ccc(C)c(Cl)c2)c1. The third-order valence-electron chi connectivity index (χ3n) is 5.71. The Balaban J connectivity index is 1.97. The van der Waals surface area contributed by atoms with E-state index in [4.69, 9.17) is 32.7 Å². The molecule has 1 amide bonds. The zero-order chi connectivity index (χ0) is 24.6. The van der Waals surface area contributed by atoms with Gasteiger partial charge in [-0.2, -0.15) is 0 Å². The Hall–Kier alpha value is -3.48. The minimum absolute atomic E-state index is 0.0701. The standard InChI is InChI=1S/C26H21Cl2NO5/c1-14-7-9-17(13-20(14)28)29-23(15-5-4-6-18(11-15)33-2)22(25(31)26(29)32)24(30)16-8-10-19(27)21(12-16)34-3/h4-13,23,30H,1-3H3/b24-22+. The molecule has 6 nitrogen and oxygen atoms in total. The van der Waals surface area contributed by atoms with E-state index in [0.717, 1.165) is 5.56 Å². The van der Waals surface area contributed by atoms with Crippen LogP contribution in [0.4, 0.5) is 5.69 Å². The van der Waals surface area contributed by atoms with E-state index in [0.29, 0.717) is 32.8 Å². The van der Waals surface area contributed by atoms with Gasteiger partial charge in [0, 0.05) is 16.3 Å². The van der Waals surface area contributed by atoms with Crippen LogP contribution in [0.3, 0.4) is 0 Å². The Morgan fingerprint density at radius 1 is 0.941 bits per heavy atom. The fourth-order valence-corrected chi connectivity index (χ4v) is 4.29. The number of carbonyl (C=O) groups excluding carboxylic acids is 2. The second-order valence-corrected chi connectivity index (χ2v) is 8.54. The first-order chi connectivity index (χ1) is 16.3. The van der Waals surface area contributed by atoms with Gasteiger partial charge < -0.3 is 14.6 Å². The van der Waals surface area contributed by atoms with E-state index in [1.807, 2.05) is 6.92 Å². The van der Waals surface area contributed by atoms with Crippen molar-refractivity contribution in [3.05, 3.63) is 93.0 Å². The molecule has 0 bridgehead atoms. The number of ketones is 1. The normalized spacial score (nSPS) is 17.2. The highest BCUT2D eigenvalue weighted by molar-refractivity contribution is 6.52. The van der Waals surface area contributed by atoms with Crippen molar-refractivity contribution in [3.63, 3.8) is 0 Å². The molecule has 1 unspecified atom stereocenters. The number of nitrogens with zero attached hydrogens (tertiary/aromatic N) is 1. The number of hydrogen-bond acceptors (Lipinski definition) is 5. The van der Waals surface area contributed by atoms with Gasteiger partial charge in [-0.1, -0.05) is 41.4 Å². The Bertz CT molecular complexity index is 1330. The minimum Gasteiger partial charge on any atom is -0.507 e. The molecule has 174 valence electrons. The predicted molar refractivity (Wildman–Crippen MR) is 132 cm³/mol. The first kappa shape index (κ1) is 23.7. The number of halogens is 2. The molecule has 8 heteroatoms. The fraction of sp³-hybridized carbons (Fsp3) is 0.154. The number of Topliss-reactive ketones (excluding diaryl/α,β-unsaturated/α-hetero) is 1. The molecule has 0 aromatic heterocycles. The molecule has 34 heavy (non-hydrogen) atoms. The van der Waals surface area contributed by atoms with Gasteiger partial charge in [-0.25, -0.2) is 0 Å². The van der Waals surface area contributed by atoms with Gasteiger partial charge in [-0.05, 0) is 60.5 Å². The van der Waals surface area contributed by atoms with Gasteiger partial charge in [0.05, 0.1) is 30.9 Å². The van der Waals surface area contributed by atoms with Gasteiger partial charge in [-0.3, -0.25) is 14.5 Å². The summed E-state index contributed by atoms with van der Waals surface area (Å²) in [6.45, 7) is 1.84. The summed E-state index contributed by atoms with van der Waals surface area (Å²) in [7, 11) is 2.97. The summed E-state index contributed by atoms with van der Waals surface area (Å²) >= 11 is 12.5. The molecule has 0 saturated carbocycles. The Labute approximate surface area is 206 Å². The molecule has 1 N–H and O–H groups in total. The van der Waals surface area contributed by atoms with Gasteiger partial charge in [-0.15, -0.1) is 0 Å². The summed E-state index contributed by atoms with van der Waals surface area (Å²) in [5.74, 6) is -1.09. The summed E-state index contributed by atoms with van der Waals surface area (Å²) in [6.07, 6.45) is 0. The van der Waals surface area contributed by atoms with Gasteiger partial charge in [0.1, 0.15) is 17.3 Å². The molecule has 0 radical (unpaired) electrons. The summed E-state index contributed by atoms with van der Waals surface area (Å²) in [4.78, 5) is 27.9. The van der Waals surface area contributed by atoms with Gasteiger partial charge in [0.2, 0.25) is 0 Å². The van der Waals surface area contributed by atoms with Crippen molar-refractivity contribution in [1.82, 2.24) is 0 Å². The van der Waals surface area contributed by atoms with Crippen LogP contribution in [0.2, 0.25) is 10.0 Å². The molecule has 3 aromatic rings. The molecule has 1 aliphatic heterocycles. The Kier molecular flexibility index (Phi) is 6.55. The first-order valence-electron chi connectivity index (χ1n) is 10.3. The predicted octanol–water partition coefficient (Wildman–Crippen LogP) is 5.95. The number of rotatable bonds is 5. The van der Waals surface area contributed by atoms with Crippen LogP contribution in [0, 0.1) is 6.92 Å². The zero-order valence-corrected chi connectivity index (χ0v) is 20.1. The van der Waals surface area contributed by atoms with E-state index in [1.54, 1.807) is 54.6 Å². The van der Waals surface area contributed by atoms with Crippen LogP contribution in [0.5, 0.6) is 11.5 Å². The van der Waals surface area contributed by atoms with E-state index < -0.39 is 17.7 Å². The number of aryl methyl sites for hydroxylation is 1. The third-order valence-corrected chi connectivity index (χ3v) is 6.43. The number of hydrogen-bond donors (Lipinski definition) is 1. The van der Waals surface area contributed by atoms with Crippen molar-refractivity contribution in [2.45, 2.75) is 13.0 Å². The van der Waals surface area contributed by atoms with Gasteiger partial charge in [0.15, 0.2) is 0 Å². The highest BCUT2D eigenvalue weighted by Gasteiger charge is 2.47. The van der Waals surface area contributed by atoms with Crippen LogP contribution in [0.1, 0.15) is 22.7 Å². The molecular weight excluding hydrogens is 477 g/mol. The molecule has 1 aliphatic rings. The second-order valence-electron chi connectivity index (χ2n) is 7.73. The molecule has 1 saturated heterocycles. The molecule has 0 spiro atoms. The number of aliphatic hydroxyl groups is 1. The van der Waals surface area contributed by atoms with E-state index in [-0.39, 0.29) is 16.9 Å². The fourth-order valence-electron chi connectivity index (χ4n) is 3.92. The lowest BCUT2D eigenvalue weighted by atomic mass is 9.95. The number of aliphatic hydroxyl groups excluding tert-OH is 1. The number of anilines is 1. The number of ether oxygens (including phenoxy) is 2. The Morgan fingerprint density at radius 2 is 1.71 bits per heavy atom. The number of amides is 1. The number of methoxy groups -OCH3 is 2. The molecule has 1 heterocycles. The van der Waals surface area contributed by atoms with Crippen LogP contribution >= 0.6 is 23.2 Å². The smallest absolute Gasteiger partial charge is 0.300 e. The maximum absolute atomic E-state index is 13.3. The monoisotopic (exact) mass is 497 g/mol. The van der Waals surface area contributed by atoms with Crippen molar-refractivity contribution >= 4 is 46.3 Å². The van der Waals surface area contributed by atoms with Gasteiger partial charge in [0.25, 0.3) is 11.7 Å². The van der Waals surface area contributed by atoms with E-state index in [2.05, 4.69) is 0 Å². The molecule has 0 aliphatic carbocycles. The van der Waals surface area contributed by atoms with E-state index >= 15 is 0 Å². The molecule has 1 fully saturated rings. The lowest BCUT2D eigenvalue weighted by Gasteiger charge is -2.26. The van der Waals surface area contributed by atoms with E-state index in [1.165, 1.54) is 25.2 Å². The minimum atomic E-state index is -0.921. The van der Waals surface area contributed by atoms with Crippen molar-refractivity contribution in [1.29, 1.82) is 0 Å². The van der Waals surface area contributed by atoms with E-state index in [9.17, 15) is 14.7 Å². The Morgan fingerprint density at radius 3 is 2.38 bits per heavy atom. The number of benzene rings is 3. The topological polar surface area (TPSA) is 76.1 Å². The van der Waals surface area contributed by atoms with Gasteiger partial charge >= 0.3 is 0 Å². The van der Waals surface area contributed by atoms with Crippen LogP contribution in [-0.4, -0.2) is 31.0 Å². The average molecular weight is 498 g/mol.